The second-order valence-corrected chi connectivity index (χ2v) is 3.79. The Morgan fingerprint density at radius 1 is 1.50 bits per heavy atom. The van der Waals surface area contributed by atoms with Gasteiger partial charge in [0.15, 0.2) is 5.69 Å². The summed E-state index contributed by atoms with van der Waals surface area (Å²) in [7, 11) is 1.49. The highest BCUT2D eigenvalue weighted by molar-refractivity contribution is 5.93. The number of nitro groups is 1. The van der Waals surface area contributed by atoms with Crippen LogP contribution in [-0.2, 0) is 13.6 Å². The van der Waals surface area contributed by atoms with Crippen molar-refractivity contribution in [3.05, 3.63) is 52.0 Å². The van der Waals surface area contributed by atoms with E-state index in [1.54, 1.807) is 12.4 Å². The SMILES string of the molecule is Cn1c(C(=O)NCc2cc[nH]c2)ccc1[N+](=O)[O-]. The Balaban J connectivity index is 2.07. The molecule has 18 heavy (non-hydrogen) atoms. The molecule has 7 heteroatoms. The fourth-order valence-corrected chi connectivity index (χ4v) is 1.65. The molecule has 0 fully saturated rings. The highest BCUT2D eigenvalue weighted by Crippen LogP contribution is 2.14. The van der Waals surface area contributed by atoms with E-state index < -0.39 is 4.92 Å². The summed E-state index contributed by atoms with van der Waals surface area (Å²) in [6.45, 7) is 0.376. The van der Waals surface area contributed by atoms with Crippen LogP contribution in [0.5, 0.6) is 0 Å². The highest BCUT2D eigenvalue weighted by atomic mass is 16.6. The van der Waals surface area contributed by atoms with E-state index in [9.17, 15) is 14.9 Å². The van der Waals surface area contributed by atoms with Crippen molar-refractivity contribution < 1.29 is 9.72 Å². The van der Waals surface area contributed by atoms with Crippen LogP contribution in [0.25, 0.3) is 0 Å². The van der Waals surface area contributed by atoms with Crippen LogP contribution >= 0.6 is 0 Å². The summed E-state index contributed by atoms with van der Waals surface area (Å²) >= 11 is 0. The summed E-state index contributed by atoms with van der Waals surface area (Å²) in [4.78, 5) is 24.8. The Labute approximate surface area is 103 Å². The lowest BCUT2D eigenvalue weighted by Gasteiger charge is -2.02. The highest BCUT2D eigenvalue weighted by Gasteiger charge is 2.20. The van der Waals surface area contributed by atoms with E-state index in [1.807, 2.05) is 6.07 Å². The van der Waals surface area contributed by atoms with Gasteiger partial charge in [-0.15, -0.1) is 0 Å². The molecule has 0 aromatic carbocycles. The average Bonchev–Trinajstić information content (AvgIpc) is 2.94. The zero-order valence-electron chi connectivity index (χ0n) is 9.71. The van der Waals surface area contributed by atoms with Crippen LogP contribution in [0.3, 0.4) is 0 Å². The van der Waals surface area contributed by atoms with E-state index in [-0.39, 0.29) is 17.4 Å². The molecule has 94 valence electrons. The van der Waals surface area contributed by atoms with E-state index in [0.29, 0.717) is 6.54 Å². The average molecular weight is 248 g/mol. The Morgan fingerprint density at radius 2 is 2.28 bits per heavy atom. The van der Waals surface area contributed by atoms with Gasteiger partial charge >= 0.3 is 5.82 Å². The maximum Gasteiger partial charge on any atom is 0.323 e. The predicted octanol–water partition coefficient (Wildman–Crippen LogP) is 1.19. The standard InChI is InChI=1S/C11H12N4O3/c1-14-9(2-3-10(14)15(17)18)11(16)13-7-8-4-5-12-6-8/h2-6,12H,7H2,1H3,(H,13,16). The fourth-order valence-electron chi connectivity index (χ4n) is 1.65. The molecule has 2 N–H and O–H groups in total. The second-order valence-electron chi connectivity index (χ2n) is 3.79. The summed E-state index contributed by atoms with van der Waals surface area (Å²) in [5, 5.41) is 13.3. The molecule has 7 nitrogen and oxygen atoms in total. The van der Waals surface area contributed by atoms with Gasteiger partial charge in [-0.1, -0.05) is 0 Å². The first-order valence-electron chi connectivity index (χ1n) is 5.29. The molecule has 2 rings (SSSR count). The van der Waals surface area contributed by atoms with E-state index in [1.165, 1.54) is 23.7 Å². The van der Waals surface area contributed by atoms with Gasteiger partial charge in [-0.3, -0.25) is 4.79 Å². The predicted molar refractivity (Wildman–Crippen MR) is 64.0 cm³/mol. The molecular formula is C11H12N4O3. The first kappa shape index (κ1) is 11.9. The lowest BCUT2D eigenvalue weighted by atomic mass is 10.3. The number of aromatic amines is 1. The lowest BCUT2D eigenvalue weighted by Crippen LogP contribution is -2.24. The number of hydrogen-bond acceptors (Lipinski definition) is 3. The van der Waals surface area contributed by atoms with Crippen molar-refractivity contribution in [2.45, 2.75) is 6.54 Å². The number of amides is 1. The summed E-state index contributed by atoms with van der Waals surface area (Å²) in [5.74, 6) is -0.450. The van der Waals surface area contributed by atoms with Crippen molar-refractivity contribution in [3.63, 3.8) is 0 Å². The topological polar surface area (TPSA) is 93.0 Å². The maximum atomic E-state index is 11.8. The Hall–Kier alpha value is -2.57. The largest absolute Gasteiger partial charge is 0.367 e. The molecule has 2 heterocycles. The van der Waals surface area contributed by atoms with Gasteiger partial charge in [-0.2, -0.15) is 0 Å². The minimum absolute atomic E-state index is 0.109. The number of H-pyrrole nitrogens is 1. The third-order valence-corrected chi connectivity index (χ3v) is 2.63. The second kappa shape index (κ2) is 4.74. The summed E-state index contributed by atoms with van der Waals surface area (Å²) < 4.78 is 1.26. The van der Waals surface area contributed by atoms with E-state index >= 15 is 0 Å². The Morgan fingerprint density at radius 3 is 2.83 bits per heavy atom. The molecular weight excluding hydrogens is 236 g/mol. The van der Waals surface area contributed by atoms with Crippen molar-refractivity contribution in [1.82, 2.24) is 14.9 Å². The van der Waals surface area contributed by atoms with Gasteiger partial charge in [0.25, 0.3) is 5.91 Å². The fraction of sp³-hybridized carbons (Fsp3) is 0.182. The van der Waals surface area contributed by atoms with Crippen LogP contribution < -0.4 is 5.32 Å². The number of nitrogens with zero attached hydrogens (tertiary/aromatic N) is 2. The van der Waals surface area contributed by atoms with Gasteiger partial charge in [0.2, 0.25) is 0 Å². The van der Waals surface area contributed by atoms with Crippen LogP contribution in [0, 0.1) is 10.1 Å². The Kier molecular flexibility index (Phi) is 3.13. The van der Waals surface area contributed by atoms with Gasteiger partial charge in [0.05, 0.1) is 7.05 Å². The van der Waals surface area contributed by atoms with Crippen LogP contribution in [0.2, 0.25) is 0 Å². The van der Waals surface area contributed by atoms with Crippen molar-refractivity contribution in [1.29, 1.82) is 0 Å². The summed E-state index contributed by atoms with van der Waals surface area (Å²) in [6, 6.07) is 4.59. The van der Waals surface area contributed by atoms with Crippen LogP contribution in [-0.4, -0.2) is 20.4 Å². The number of hydrogen-bond donors (Lipinski definition) is 2. The van der Waals surface area contributed by atoms with Gasteiger partial charge in [0.1, 0.15) is 0 Å². The molecule has 0 saturated heterocycles. The molecule has 0 atom stereocenters. The molecule has 0 spiro atoms. The quantitative estimate of drug-likeness (QED) is 0.628. The van der Waals surface area contributed by atoms with Crippen molar-refractivity contribution >= 4 is 11.7 Å². The van der Waals surface area contributed by atoms with E-state index in [2.05, 4.69) is 10.3 Å². The zero-order chi connectivity index (χ0) is 13.1. The molecule has 0 aliphatic rings. The van der Waals surface area contributed by atoms with Gasteiger partial charge in [-0.05, 0) is 22.6 Å². The third-order valence-electron chi connectivity index (χ3n) is 2.63. The first-order chi connectivity index (χ1) is 8.59. The molecule has 2 aromatic rings. The normalized spacial score (nSPS) is 10.3. The first-order valence-corrected chi connectivity index (χ1v) is 5.29. The van der Waals surface area contributed by atoms with Gasteiger partial charge < -0.3 is 20.4 Å². The van der Waals surface area contributed by atoms with E-state index in [4.69, 9.17) is 0 Å². The number of rotatable bonds is 4. The number of carbonyl (C=O) groups excluding carboxylic acids is 1. The van der Waals surface area contributed by atoms with Crippen molar-refractivity contribution in [2.24, 2.45) is 7.05 Å². The third kappa shape index (κ3) is 2.24. The van der Waals surface area contributed by atoms with Gasteiger partial charge in [-0.25, -0.2) is 4.57 Å². The minimum atomic E-state index is -0.525. The van der Waals surface area contributed by atoms with Crippen LogP contribution in [0.4, 0.5) is 5.82 Å². The lowest BCUT2D eigenvalue weighted by molar-refractivity contribution is -0.391. The molecule has 0 aliphatic heterocycles. The molecule has 0 saturated carbocycles. The Bertz CT molecular complexity index is 571. The molecule has 2 aromatic heterocycles. The molecule has 0 unspecified atom stereocenters. The minimum Gasteiger partial charge on any atom is -0.367 e. The monoisotopic (exact) mass is 248 g/mol. The maximum absolute atomic E-state index is 11.8. The molecule has 1 amide bonds. The van der Waals surface area contributed by atoms with Crippen LogP contribution in [0.1, 0.15) is 16.1 Å². The molecule has 0 aliphatic carbocycles. The summed E-state index contributed by atoms with van der Waals surface area (Å²) in [5.41, 5.74) is 1.20. The molecule has 0 radical (unpaired) electrons. The number of carbonyl (C=O) groups is 1. The van der Waals surface area contributed by atoms with Gasteiger partial charge in [0, 0.05) is 25.0 Å². The van der Waals surface area contributed by atoms with Crippen molar-refractivity contribution in [3.8, 4) is 0 Å². The van der Waals surface area contributed by atoms with E-state index in [0.717, 1.165) is 5.56 Å². The zero-order valence-corrected chi connectivity index (χ0v) is 9.71. The van der Waals surface area contributed by atoms with Crippen molar-refractivity contribution in [2.75, 3.05) is 0 Å². The molecule has 0 bridgehead atoms. The van der Waals surface area contributed by atoms with Crippen LogP contribution in [0.15, 0.2) is 30.6 Å². The smallest absolute Gasteiger partial charge is 0.323 e. The number of nitrogens with one attached hydrogen (secondary N) is 2. The summed E-state index contributed by atoms with van der Waals surface area (Å²) in [6.07, 6.45) is 3.53. The number of aromatic nitrogens is 2.